The van der Waals surface area contributed by atoms with Gasteiger partial charge in [-0.2, -0.15) is 0 Å². The van der Waals surface area contributed by atoms with Crippen molar-refractivity contribution in [2.75, 3.05) is 13.2 Å². The van der Waals surface area contributed by atoms with Crippen molar-refractivity contribution in [1.29, 1.82) is 0 Å². The van der Waals surface area contributed by atoms with E-state index in [-0.39, 0.29) is 0 Å². The van der Waals surface area contributed by atoms with E-state index < -0.39 is 11.9 Å². The van der Waals surface area contributed by atoms with Gasteiger partial charge >= 0.3 is 5.97 Å². The van der Waals surface area contributed by atoms with Crippen LogP contribution in [-0.2, 0) is 11.2 Å². The first-order valence-electron chi connectivity index (χ1n) is 9.31. The molecule has 0 aliphatic carbocycles. The molecule has 144 valence electrons. The van der Waals surface area contributed by atoms with Gasteiger partial charge in [0.15, 0.2) is 0 Å². The molecule has 0 aliphatic heterocycles. The molecule has 1 unspecified atom stereocenters. The average Bonchev–Trinajstić information content (AvgIpc) is 2.72. The molecule has 0 spiro atoms. The van der Waals surface area contributed by atoms with E-state index in [1.54, 1.807) is 0 Å². The normalized spacial score (nSPS) is 11.6. The maximum Gasteiger partial charge on any atom is 0.311 e. The van der Waals surface area contributed by atoms with Crippen LogP contribution in [0, 0.1) is 6.92 Å². The lowest BCUT2D eigenvalue weighted by atomic mass is 9.92. The van der Waals surface area contributed by atoms with E-state index in [0.29, 0.717) is 25.4 Å². The van der Waals surface area contributed by atoms with Gasteiger partial charge in [0.2, 0.25) is 0 Å². The van der Waals surface area contributed by atoms with Crippen molar-refractivity contribution in [3.05, 3.63) is 95.6 Å². The molecule has 28 heavy (non-hydrogen) atoms. The minimum atomic E-state index is -0.844. The zero-order valence-corrected chi connectivity index (χ0v) is 15.9. The van der Waals surface area contributed by atoms with Gasteiger partial charge < -0.3 is 14.6 Å². The zero-order valence-electron chi connectivity index (χ0n) is 15.9. The summed E-state index contributed by atoms with van der Waals surface area (Å²) in [5.74, 6) is 0.0353. The quantitative estimate of drug-likeness (QED) is 0.542. The van der Waals surface area contributed by atoms with Crippen LogP contribution >= 0.6 is 0 Å². The number of rotatable bonds is 9. The number of para-hydroxylation sites is 1. The molecule has 3 rings (SSSR count). The van der Waals surface area contributed by atoms with Gasteiger partial charge in [-0.1, -0.05) is 66.2 Å². The second-order valence-corrected chi connectivity index (χ2v) is 6.62. The molecule has 0 saturated carbocycles. The fourth-order valence-corrected chi connectivity index (χ4v) is 3.01. The minimum Gasteiger partial charge on any atom is -0.490 e. The van der Waals surface area contributed by atoms with Gasteiger partial charge in [0, 0.05) is 0 Å². The molecule has 1 N–H and O–H groups in total. The predicted molar refractivity (Wildman–Crippen MR) is 109 cm³/mol. The first kappa shape index (κ1) is 19.5. The Balaban J connectivity index is 1.62. The van der Waals surface area contributed by atoms with Crippen molar-refractivity contribution >= 4 is 5.97 Å². The Morgan fingerprint density at radius 1 is 0.857 bits per heavy atom. The van der Waals surface area contributed by atoms with Crippen molar-refractivity contribution < 1.29 is 19.4 Å². The van der Waals surface area contributed by atoms with Gasteiger partial charge in [-0.25, -0.2) is 0 Å². The molecule has 0 aliphatic rings. The maximum absolute atomic E-state index is 11.8. The largest absolute Gasteiger partial charge is 0.490 e. The third-order valence-electron chi connectivity index (χ3n) is 4.53. The van der Waals surface area contributed by atoms with Crippen molar-refractivity contribution in [3.8, 4) is 11.5 Å². The Morgan fingerprint density at radius 3 is 2.21 bits per heavy atom. The first-order valence-corrected chi connectivity index (χ1v) is 9.31. The van der Waals surface area contributed by atoms with Crippen LogP contribution in [0.2, 0.25) is 0 Å². The minimum absolute atomic E-state index is 0.369. The Hall–Kier alpha value is -3.27. The highest BCUT2D eigenvalue weighted by molar-refractivity contribution is 5.76. The number of aliphatic carboxylic acids is 1. The topological polar surface area (TPSA) is 55.8 Å². The summed E-state index contributed by atoms with van der Waals surface area (Å²) < 4.78 is 11.6. The molecule has 0 radical (unpaired) electrons. The van der Waals surface area contributed by atoms with Crippen LogP contribution in [0.1, 0.15) is 22.6 Å². The highest BCUT2D eigenvalue weighted by Gasteiger charge is 2.21. The number of benzene rings is 3. The molecule has 0 amide bonds. The maximum atomic E-state index is 11.8. The lowest BCUT2D eigenvalue weighted by molar-refractivity contribution is -0.138. The van der Waals surface area contributed by atoms with Crippen LogP contribution in [0.15, 0.2) is 78.9 Å². The van der Waals surface area contributed by atoms with E-state index in [2.05, 4.69) is 0 Å². The number of carbonyl (C=O) groups is 1. The molecule has 4 nitrogen and oxygen atoms in total. The number of hydrogen-bond donors (Lipinski definition) is 1. The molecule has 0 aromatic heterocycles. The smallest absolute Gasteiger partial charge is 0.311 e. The summed E-state index contributed by atoms with van der Waals surface area (Å²) in [7, 11) is 0. The third-order valence-corrected chi connectivity index (χ3v) is 4.53. The van der Waals surface area contributed by atoms with Gasteiger partial charge in [0.05, 0.1) is 5.92 Å². The third kappa shape index (κ3) is 5.36. The van der Waals surface area contributed by atoms with Gasteiger partial charge in [-0.15, -0.1) is 0 Å². The summed E-state index contributed by atoms with van der Waals surface area (Å²) in [5, 5.41) is 9.68. The first-order chi connectivity index (χ1) is 13.6. The highest BCUT2D eigenvalue weighted by atomic mass is 16.5. The lowest BCUT2D eigenvalue weighted by Gasteiger charge is -2.16. The van der Waals surface area contributed by atoms with Gasteiger partial charge in [-0.05, 0) is 42.7 Å². The Labute approximate surface area is 165 Å². The number of aryl methyl sites for hydroxylation is 1. The van der Waals surface area contributed by atoms with E-state index in [1.807, 2.05) is 85.8 Å². The van der Waals surface area contributed by atoms with E-state index in [9.17, 15) is 9.90 Å². The molecule has 3 aromatic carbocycles. The second kappa shape index (κ2) is 9.60. The van der Waals surface area contributed by atoms with Crippen LogP contribution < -0.4 is 9.47 Å². The Morgan fingerprint density at radius 2 is 1.50 bits per heavy atom. The van der Waals surface area contributed by atoms with Gasteiger partial charge in [0.1, 0.15) is 24.7 Å². The van der Waals surface area contributed by atoms with Gasteiger partial charge in [-0.3, -0.25) is 4.79 Å². The summed E-state index contributed by atoms with van der Waals surface area (Å²) in [6, 6.07) is 24.7. The lowest BCUT2D eigenvalue weighted by Crippen LogP contribution is -2.16. The van der Waals surface area contributed by atoms with Crippen molar-refractivity contribution in [2.24, 2.45) is 0 Å². The summed E-state index contributed by atoms with van der Waals surface area (Å²) in [5.41, 5.74) is 2.84. The van der Waals surface area contributed by atoms with Crippen LogP contribution in [0.5, 0.6) is 11.5 Å². The molecule has 0 saturated heterocycles. The van der Waals surface area contributed by atoms with Crippen LogP contribution in [-0.4, -0.2) is 24.3 Å². The molecule has 0 fully saturated rings. The standard InChI is InChI=1S/C24H24O4/c1-18-11-13-21(14-12-18)27-15-16-28-23-10-6-5-9-20(23)17-22(24(25)26)19-7-3-2-4-8-19/h2-14,22H,15-17H2,1H3,(H,25,26). The fraction of sp³-hybridized carbons (Fsp3) is 0.208. The summed E-state index contributed by atoms with van der Waals surface area (Å²) in [6.45, 7) is 2.83. The molecule has 4 heteroatoms. The average molecular weight is 376 g/mol. The summed E-state index contributed by atoms with van der Waals surface area (Å²) in [4.78, 5) is 11.8. The number of carboxylic acids is 1. The van der Waals surface area contributed by atoms with Crippen LogP contribution in [0.3, 0.4) is 0 Å². The van der Waals surface area contributed by atoms with E-state index in [0.717, 1.165) is 16.9 Å². The summed E-state index contributed by atoms with van der Waals surface area (Å²) in [6.07, 6.45) is 0.369. The molecule has 0 heterocycles. The van der Waals surface area contributed by atoms with Crippen molar-refractivity contribution in [1.82, 2.24) is 0 Å². The van der Waals surface area contributed by atoms with Crippen molar-refractivity contribution in [2.45, 2.75) is 19.3 Å². The second-order valence-electron chi connectivity index (χ2n) is 6.62. The zero-order chi connectivity index (χ0) is 19.8. The van der Waals surface area contributed by atoms with E-state index in [1.165, 1.54) is 5.56 Å². The number of hydrogen-bond acceptors (Lipinski definition) is 3. The Kier molecular flexibility index (Phi) is 6.68. The van der Waals surface area contributed by atoms with E-state index in [4.69, 9.17) is 9.47 Å². The fourth-order valence-electron chi connectivity index (χ4n) is 3.01. The number of ether oxygens (including phenoxy) is 2. The Bertz CT molecular complexity index is 888. The van der Waals surface area contributed by atoms with E-state index >= 15 is 0 Å². The van der Waals surface area contributed by atoms with Crippen LogP contribution in [0.4, 0.5) is 0 Å². The molecule has 0 bridgehead atoms. The molecular formula is C24H24O4. The monoisotopic (exact) mass is 376 g/mol. The SMILES string of the molecule is Cc1ccc(OCCOc2ccccc2CC(C(=O)O)c2ccccc2)cc1. The molecule has 3 aromatic rings. The predicted octanol–water partition coefficient (Wildman–Crippen LogP) is 4.86. The number of carboxylic acid groups (broad SMARTS) is 1. The molecule has 1 atom stereocenters. The van der Waals surface area contributed by atoms with Gasteiger partial charge in [0.25, 0.3) is 0 Å². The highest BCUT2D eigenvalue weighted by Crippen LogP contribution is 2.27. The molecular weight excluding hydrogens is 352 g/mol. The van der Waals surface area contributed by atoms with Crippen LogP contribution in [0.25, 0.3) is 0 Å². The summed E-state index contributed by atoms with van der Waals surface area (Å²) >= 11 is 0. The van der Waals surface area contributed by atoms with Crippen molar-refractivity contribution in [3.63, 3.8) is 0 Å².